The second-order valence-electron chi connectivity index (χ2n) is 9.22. The van der Waals surface area contributed by atoms with Gasteiger partial charge in [-0.05, 0) is 51.4 Å². The van der Waals surface area contributed by atoms with Gasteiger partial charge in [0.2, 0.25) is 0 Å². The lowest BCUT2D eigenvalue weighted by atomic mass is 9.95. The van der Waals surface area contributed by atoms with Crippen LogP contribution in [0.2, 0.25) is 0 Å². The molecule has 0 amide bonds. The molecule has 6 rings (SSSR count). The molecule has 0 atom stereocenters. The van der Waals surface area contributed by atoms with Gasteiger partial charge in [0, 0.05) is 16.3 Å². The summed E-state index contributed by atoms with van der Waals surface area (Å²) in [5.74, 6) is 0.550. The fraction of sp³-hybridized carbons (Fsp3) is 0.0909. The number of benzene rings is 5. The van der Waals surface area contributed by atoms with Gasteiger partial charge in [-0.3, -0.25) is 0 Å². The molecule has 0 saturated heterocycles. The average Bonchev–Trinajstić information content (AvgIpc) is 3.28. The Kier molecular flexibility index (Phi) is 5.04. The maximum Gasteiger partial charge on any atom is 0.143 e. The van der Waals surface area contributed by atoms with Gasteiger partial charge >= 0.3 is 0 Å². The smallest absolute Gasteiger partial charge is 0.143 e. The van der Waals surface area contributed by atoms with E-state index in [1.165, 1.54) is 27.8 Å². The van der Waals surface area contributed by atoms with E-state index < -0.39 is 0 Å². The second kappa shape index (κ2) is 8.35. The number of para-hydroxylation sites is 2. The second-order valence-corrected chi connectivity index (χ2v) is 9.22. The van der Waals surface area contributed by atoms with Crippen LogP contribution in [0, 0.1) is 0 Å². The number of fused-ring (bicyclic) bond motifs is 3. The first-order valence-corrected chi connectivity index (χ1v) is 11.9. The highest BCUT2D eigenvalue weighted by molar-refractivity contribution is 6.09. The molecule has 0 fully saturated rings. The quantitative estimate of drug-likeness (QED) is 0.267. The summed E-state index contributed by atoms with van der Waals surface area (Å²) in [6, 6.07) is 41.1. The Morgan fingerprint density at radius 2 is 1.09 bits per heavy atom. The first-order chi connectivity index (χ1) is 16.7. The normalized spacial score (nSPS) is 11.5. The Morgan fingerprint density at radius 1 is 0.500 bits per heavy atom. The van der Waals surface area contributed by atoms with Crippen LogP contribution < -0.4 is 0 Å². The molecular weight excluding hydrogens is 412 g/mol. The predicted molar refractivity (Wildman–Crippen MR) is 144 cm³/mol. The maximum absolute atomic E-state index is 6.27. The van der Waals surface area contributed by atoms with E-state index in [1.807, 2.05) is 12.1 Å². The molecule has 1 nitrogen and oxygen atoms in total. The van der Waals surface area contributed by atoms with E-state index in [2.05, 4.69) is 117 Å². The van der Waals surface area contributed by atoms with E-state index in [0.717, 1.165) is 33.1 Å². The van der Waals surface area contributed by atoms with Crippen LogP contribution in [-0.2, 0) is 0 Å². The number of rotatable bonds is 4. The van der Waals surface area contributed by atoms with Gasteiger partial charge in [0.05, 0.1) is 0 Å². The summed E-state index contributed by atoms with van der Waals surface area (Å²) in [6.07, 6.45) is 0. The molecule has 0 bridgehead atoms. The molecule has 164 valence electrons. The van der Waals surface area contributed by atoms with Crippen molar-refractivity contribution in [1.82, 2.24) is 0 Å². The summed E-state index contributed by atoms with van der Waals surface area (Å²) in [5, 5.41) is 2.32. The molecule has 0 spiro atoms. The lowest BCUT2D eigenvalue weighted by Crippen LogP contribution is -1.87. The Bertz CT molecular complexity index is 1600. The summed E-state index contributed by atoms with van der Waals surface area (Å²) >= 11 is 0. The van der Waals surface area contributed by atoms with Crippen molar-refractivity contribution in [3.05, 3.63) is 121 Å². The van der Waals surface area contributed by atoms with E-state index in [9.17, 15) is 0 Å². The van der Waals surface area contributed by atoms with Gasteiger partial charge < -0.3 is 4.42 Å². The summed E-state index contributed by atoms with van der Waals surface area (Å²) in [4.78, 5) is 0. The monoisotopic (exact) mass is 438 g/mol. The van der Waals surface area contributed by atoms with Crippen LogP contribution >= 0.6 is 0 Å². The van der Waals surface area contributed by atoms with Gasteiger partial charge in [-0.1, -0.05) is 117 Å². The van der Waals surface area contributed by atoms with Crippen molar-refractivity contribution in [3.8, 4) is 33.4 Å². The largest absolute Gasteiger partial charge is 0.455 e. The minimum Gasteiger partial charge on any atom is -0.455 e. The minimum absolute atomic E-state index is 0.550. The number of hydrogen-bond donors (Lipinski definition) is 0. The van der Waals surface area contributed by atoms with E-state index in [0.29, 0.717) is 5.92 Å². The molecule has 1 heteroatoms. The Morgan fingerprint density at radius 3 is 1.82 bits per heavy atom. The van der Waals surface area contributed by atoms with Crippen LogP contribution in [0.15, 0.2) is 120 Å². The topological polar surface area (TPSA) is 13.1 Å². The summed E-state index contributed by atoms with van der Waals surface area (Å²) < 4.78 is 6.27. The molecule has 0 saturated carbocycles. The van der Waals surface area contributed by atoms with Gasteiger partial charge in [0.15, 0.2) is 0 Å². The molecule has 0 aliphatic heterocycles. The first kappa shape index (κ1) is 20.5. The highest BCUT2D eigenvalue weighted by atomic mass is 16.3. The third-order valence-electron chi connectivity index (χ3n) is 6.71. The van der Waals surface area contributed by atoms with E-state index in [-0.39, 0.29) is 0 Å². The molecule has 0 aliphatic carbocycles. The van der Waals surface area contributed by atoms with Crippen molar-refractivity contribution < 1.29 is 4.42 Å². The van der Waals surface area contributed by atoms with Crippen LogP contribution in [0.5, 0.6) is 0 Å². The molecule has 0 N–H and O–H groups in total. The van der Waals surface area contributed by atoms with Crippen molar-refractivity contribution >= 4 is 21.9 Å². The van der Waals surface area contributed by atoms with Crippen LogP contribution in [0.4, 0.5) is 0 Å². The SMILES string of the molecule is CC(C)c1ccc(-c2ccc(-c3cccc(-c4cccc5c4oc4ccccc45)c3)cc2)cc1. The predicted octanol–water partition coefficient (Wildman–Crippen LogP) is 9.71. The summed E-state index contributed by atoms with van der Waals surface area (Å²) in [5.41, 5.74) is 10.4. The molecule has 1 aromatic heterocycles. The van der Waals surface area contributed by atoms with Crippen molar-refractivity contribution in [2.24, 2.45) is 0 Å². The van der Waals surface area contributed by atoms with E-state index in [1.54, 1.807) is 0 Å². The molecule has 6 aromatic rings. The first-order valence-electron chi connectivity index (χ1n) is 11.9. The molecular formula is C33H26O. The minimum atomic E-state index is 0.550. The third-order valence-corrected chi connectivity index (χ3v) is 6.71. The van der Waals surface area contributed by atoms with Crippen molar-refractivity contribution in [1.29, 1.82) is 0 Å². The Balaban J connectivity index is 1.36. The molecule has 1 heterocycles. The zero-order valence-electron chi connectivity index (χ0n) is 19.5. The Hall–Kier alpha value is -4.10. The van der Waals surface area contributed by atoms with E-state index >= 15 is 0 Å². The lowest BCUT2D eigenvalue weighted by molar-refractivity contribution is 0.670. The van der Waals surface area contributed by atoms with Gasteiger partial charge in [0.25, 0.3) is 0 Å². The fourth-order valence-electron chi connectivity index (χ4n) is 4.76. The maximum atomic E-state index is 6.27. The third kappa shape index (κ3) is 3.60. The number of hydrogen-bond acceptors (Lipinski definition) is 1. The fourth-order valence-corrected chi connectivity index (χ4v) is 4.76. The summed E-state index contributed by atoms with van der Waals surface area (Å²) in [6.45, 7) is 4.46. The van der Waals surface area contributed by atoms with Crippen LogP contribution in [0.3, 0.4) is 0 Å². The zero-order chi connectivity index (χ0) is 23.1. The highest BCUT2D eigenvalue weighted by Gasteiger charge is 2.12. The molecule has 0 unspecified atom stereocenters. The Labute approximate surface area is 200 Å². The van der Waals surface area contributed by atoms with Gasteiger partial charge in [-0.2, -0.15) is 0 Å². The molecule has 34 heavy (non-hydrogen) atoms. The molecule has 0 radical (unpaired) electrons. The molecule has 5 aromatic carbocycles. The van der Waals surface area contributed by atoms with Crippen LogP contribution in [-0.4, -0.2) is 0 Å². The van der Waals surface area contributed by atoms with E-state index in [4.69, 9.17) is 4.42 Å². The van der Waals surface area contributed by atoms with Crippen LogP contribution in [0.25, 0.3) is 55.3 Å². The highest BCUT2D eigenvalue weighted by Crippen LogP contribution is 2.37. The van der Waals surface area contributed by atoms with Crippen LogP contribution in [0.1, 0.15) is 25.3 Å². The zero-order valence-corrected chi connectivity index (χ0v) is 19.5. The van der Waals surface area contributed by atoms with Gasteiger partial charge in [0.1, 0.15) is 11.2 Å². The summed E-state index contributed by atoms with van der Waals surface area (Å²) in [7, 11) is 0. The standard InChI is InChI=1S/C33H26O/c1-22(2)23-13-15-24(16-14-23)25-17-19-26(20-18-25)27-7-5-8-28(21-27)29-10-6-11-31-30-9-3-4-12-32(30)34-33(29)31/h3-22H,1-2H3. The van der Waals surface area contributed by atoms with Gasteiger partial charge in [-0.15, -0.1) is 0 Å². The molecule has 0 aliphatic rings. The van der Waals surface area contributed by atoms with Gasteiger partial charge in [-0.25, -0.2) is 0 Å². The number of furan rings is 1. The lowest BCUT2D eigenvalue weighted by Gasteiger charge is -2.09. The van der Waals surface area contributed by atoms with Crippen molar-refractivity contribution in [2.75, 3.05) is 0 Å². The average molecular weight is 439 g/mol. The van der Waals surface area contributed by atoms with Crippen molar-refractivity contribution in [3.63, 3.8) is 0 Å². The van der Waals surface area contributed by atoms with Crippen molar-refractivity contribution in [2.45, 2.75) is 19.8 Å².